The lowest BCUT2D eigenvalue weighted by molar-refractivity contribution is 0.0354. The molecule has 1 heterocycles. The molecule has 0 aliphatic rings. The summed E-state index contributed by atoms with van der Waals surface area (Å²) in [5.41, 5.74) is 0.108. The number of carbonyl (C=O) groups is 2. The smallest absolute Gasteiger partial charge is 0.416 e. The molecule has 0 fully saturated rings. The van der Waals surface area contributed by atoms with Gasteiger partial charge in [-0.1, -0.05) is 41.5 Å². The van der Waals surface area contributed by atoms with Crippen LogP contribution in [0.1, 0.15) is 52.0 Å². The zero-order valence-corrected chi connectivity index (χ0v) is 20.9. The van der Waals surface area contributed by atoms with Crippen molar-refractivity contribution in [2.24, 2.45) is 5.41 Å². The predicted octanol–water partition coefficient (Wildman–Crippen LogP) is 6.52. The van der Waals surface area contributed by atoms with Gasteiger partial charge in [-0.3, -0.25) is 0 Å². The van der Waals surface area contributed by atoms with E-state index in [0.717, 1.165) is 4.57 Å². The van der Waals surface area contributed by atoms with Gasteiger partial charge in [-0.2, -0.15) is 0 Å². The second-order valence-corrected chi connectivity index (χ2v) is 15.5. The second kappa shape index (κ2) is 7.79. The Morgan fingerprint density at radius 1 is 1.14 bits per heavy atom. The minimum Gasteiger partial charge on any atom is -0.543 e. The summed E-state index contributed by atoms with van der Waals surface area (Å²) in [7, 11) is -2.10. The van der Waals surface area contributed by atoms with Crippen LogP contribution >= 0.6 is 15.9 Å². The Bertz CT molecular complexity index is 951. The number of fused-ring (bicyclic) bond motifs is 1. The minimum absolute atomic E-state index is 0.000740. The number of carbonyl (C=O) groups excluding carboxylic acids is 1. The van der Waals surface area contributed by atoms with Crippen LogP contribution in [0.25, 0.3) is 10.9 Å². The molecule has 0 bridgehead atoms. The number of aromatic nitrogens is 1. The van der Waals surface area contributed by atoms with E-state index < -0.39 is 20.4 Å². The lowest BCUT2D eigenvalue weighted by Gasteiger charge is -2.36. The lowest BCUT2D eigenvalue weighted by Crippen LogP contribution is -2.43. The molecule has 0 atom stereocenters. The summed E-state index contributed by atoms with van der Waals surface area (Å²) in [5, 5.41) is 10.4. The van der Waals surface area contributed by atoms with Crippen LogP contribution in [0.15, 0.2) is 22.7 Å². The molecule has 2 rings (SSSR count). The van der Waals surface area contributed by atoms with Gasteiger partial charge in [0.25, 0.3) is 0 Å². The highest BCUT2D eigenvalue weighted by molar-refractivity contribution is 9.10. The van der Waals surface area contributed by atoms with Crippen molar-refractivity contribution < 1.29 is 23.9 Å². The van der Waals surface area contributed by atoms with E-state index in [-0.39, 0.29) is 22.8 Å². The Kier molecular flexibility index (Phi) is 6.31. The summed E-state index contributed by atoms with van der Waals surface area (Å²) in [6, 6.07) is 5.25. The zero-order chi connectivity index (χ0) is 22.4. The molecule has 0 spiro atoms. The third kappa shape index (κ3) is 5.03. The van der Waals surface area contributed by atoms with E-state index >= 15 is 0 Å². The Morgan fingerprint density at radius 2 is 1.72 bits per heavy atom. The Morgan fingerprint density at radius 3 is 2.21 bits per heavy atom. The molecule has 0 saturated carbocycles. The van der Waals surface area contributed by atoms with E-state index in [2.05, 4.69) is 49.8 Å². The fourth-order valence-corrected chi connectivity index (χ4v) is 4.17. The number of benzene rings is 1. The Balaban J connectivity index is 2.56. The molecule has 160 valence electrons. The van der Waals surface area contributed by atoms with Crippen LogP contribution in [0.2, 0.25) is 18.1 Å². The van der Waals surface area contributed by atoms with Crippen molar-refractivity contribution in [1.29, 1.82) is 0 Å². The van der Waals surface area contributed by atoms with E-state index in [1.165, 1.54) is 0 Å². The molecule has 8 heteroatoms. The zero-order valence-electron chi connectivity index (χ0n) is 18.3. The van der Waals surface area contributed by atoms with Crippen molar-refractivity contribution in [3.05, 3.63) is 28.4 Å². The van der Waals surface area contributed by atoms with E-state index in [0.29, 0.717) is 21.1 Å². The average Bonchev–Trinajstić information content (AvgIpc) is 2.83. The normalized spacial score (nSPS) is 12.9. The van der Waals surface area contributed by atoms with Gasteiger partial charge in [0.1, 0.15) is 5.75 Å². The Hall–Kier alpha value is -1.80. The van der Waals surface area contributed by atoms with Crippen molar-refractivity contribution in [2.75, 3.05) is 6.61 Å². The first kappa shape index (κ1) is 23.5. The third-order valence-corrected chi connectivity index (χ3v) is 10.2. The molecule has 2 aromatic rings. The summed E-state index contributed by atoms with van der Waals surface area (Å²) in [5.74, 6) is -0.0940. The van der Waals surface area contributed by atoms with Crippen molar-refractivity contribution >= 4 is 47.2 Å². The van der Waals surface area contributed by atoms with Crippen LogP contribution in [0.4, 0.5) is 4.79 Å². The number of nitrogens with zero attached hydrogens (tertiary/aromatic N) is 1. The van der Waals surface area contributed by atoms with Gasteiger partial charge in [-0.25, -0.2) is 14.2 Å². The first-order valence-corrected chi connectivity index (χ1v) is 13.2. The fourth-order valence-electron chi connectivity index (χ4n) is 2.47. The highest BCUT2D eigenvalue weighted by Gasteiger charge is 2.39. The second-order valence-electron chi connectivity index (χ2n) is 9.96. The monoisotopic (exact) mass is 483 g/mol. The topological polar surface area (TPSA) is 77.8 Å². The molecule has 1 aromatic carbocycles. The third-order valence-electron chi connectivity index (χ3n) is 5.08. The highest BCUT2D eigenvalue weighted by atomic mass is 79.9. The predicted molar refractivity (Wildman–Crippen MR) is 121 cm³/mol. The van der Waals surface area contributed by atoms with Crippen LogP contribution in [0.5, 0.6) is 5.75 Å². The maximum Gasteiger partial charge on any atom is 0.416 e. The summed E-state index contributed by atoms with van der Waals surface area (Å²) in [6.07, 6.45) is -1.26. The first-order valence-electron chi connectivity index (χ1n) is 9.48. The van der Waals surface area contributed by atoms with Crippen LogP contribution in [-0.4, -0.2) is 36.7 Å². The maximum absolute atomic E-state index is 12.7. The van der Waals surface area contributed by atoms with E-state index in [9.17, 15) is 14.7 Å². The van der Waals surface area contributed by atoms with Crippen molar-refractivity contribution in [1.82, 2.24) is 4.57 Å². The summed E-state index contributed by atoms with van der Waals surface area (Å²) in [6.45, 7) is 16.6. The van der Waals surface area contributed by atoms with Gasteiger partial charge < -0.3 is 14.3 Å². The van der Waals surface area contributed by atoms with Crippen molar-refractivity contribution in [2.45, 2.75) is 59.7 Å². The number of carboxylic acid groups (broad SMARTS) is 1. The van der Waals surface area contributed by atoms with Crippen LogP contribution < -0.4 is 4.43 Å². The standard InChI is InChI=1S/C21H30BrNO5Si/c1-20(2,3)12-27-18(24)17-16(22)14-10-9-13(11-15(14)23(17)19(25)26)28-29(7,8)21(4,5)6/h9-11H,12H2,1-8H3,(H,25,26). The molecule has 1 N–H and O–H groups in total. The SMILES string of the molecule is CC(C)(C)COC(=O)c1c(Br)c2ccc(O[Si](C)(C)C(C)(C)C)cc2n1C(=O)O. The summed E-state index contributed by atoms with van der Waals surface area (Å²) in [4.78, 5) is 24.7. The van der Waals surface area contributed by atoms with Crippen LogP contribution in [-0.2, 0) is 4.74 Å². The largest absolute Gasteiger partial charge is 0.543 e. The van der Waals surface area contributed by atoms with Crippen molar-refractivity contribution in [3.8, 4) is 5.75 Å². The maximum atomic E-state index is 12.7. The summed E-state index contributed by atoms with van der Waals surface area (Å²) >= 11 is 3.39. The van der Waals surface area contributed by atoms with Crippen LogP contribution in [0.3, 0.4) is 0 Å². The average molecular weight is 484 g/mol. The van der Waals surface area contributed by atoms with Crippen LogP contribution in [0, 0.1) is 5.41 Å². The van der Waals surface area contributed by atoms with Gasteiger partial charge >= 0.3 is 12.1 Å². The number of hydrogen-bond donors (Lipinski definition) is 1. The highest BCUT2D eigenvalue weighted by Crippen LogP contribution is 2.39. The molecule has 1 aromatic heterocycles. The van der Waals surface area contributed by atoms with Crippen molar-refractivity contribution in [3.63, 3.8) is 0 Å². The molecule has 0 radical (unpaired) electrons. The number of halogens is 1. The molecule has 0 aliphatic carbocycles. The van der Waals surface area contributed by atoms with Gasteiger partial charge in [0.05, 0.1) is 16.6 Å². The molecule has 0 saturated heterocycles. The van der Waals surface area contributed by atoms with Gasteiger partial charge in [0.15, 0.2) is 5.69 Å². The number of hydrogen-bond acceptors (Lipinski definition) is 4. The van der Waals surface area contributed by atoms with Gasteiger partial charge in [-0.05, 0) is 51.6 Å². The molecule has 29 heavy (non-hydrogen) atoms. The van der Waals surface area contributed by atoms with E-state index in [4.69, 9.17) is 9.16 Å². The molecule has 6 nitrogen and oxygen atoms in total. The molecule has 0 aliphatic heterocycles. The number of ether oxygens (including phenoxy) is 1. The number of esters is 1. The van der Waals surface area contributed by atoms with Gasteiger partial charge in [-0.15, -0.1) is 0 Å². The Labute approximate surface area is 181 Å². The molecule has 0 amide bonds. The van der Waals surface area contributed by atoms with E-state index in [1.54, 1.807) is 12.1 Å². The van der Waals surface area contributed by atoms with Gasteiger partial charge in [0.2, 0.25) is 8.32 Å². The summed E-state index contributed by atoms with van der Waals surface area (Å²) < 4.78 is 13.0. The minimum atomic E-state index is -2.10. The first-order chi connectivity index (χ1) is 13.0. The number of rotatable bonds is 4. The molecular formula is C21H30BrNO5Si. The van der Waals surface area contributed by atoms with E-state index in [1.807, 2.05) is 26.8 Å². The van der Waals surface area contributed by atoms with Gasteiger partial charge in [0, 0.05) is 11.5 Å². The molecule has 0 unspecified atom stereocenters. The molecular weight excluding hydrogens is 454 g/mol. The fraction of sp³-hybridized carbons (Fsp3) is 0.524. The quantitative estimate of drug-likeness (QED) is 0.395. The lowest BCUT2D eigenvalue weighted by atomic mass is 9.99.